The fourth-order valence-electron chi connectivity index (χ4n) is 1.06. The van der Waals surface area contributed by atoms with E-state index in [1.165, 1.54) is 0 Å². The Morgan fingerprint density at radius 1 is 1.15 bits per heavy atom. The minimum absolute atomic E-state index is 0.0833. The Hall–Kier alpha value is -0.260. The highest BCUT2D eigenvalue weighted by Crippen LogP contribution is 2.17. The first kappa shape index (κ1) is 12.7. The molecule has 0 aromatic rings. The predicted molar refractivity (Wildman–Crippen MR) is 52.0 cm³/mol. The molecule has 0 aromatic carbocycles. The van der Waals surface area contributed by atoms with Crippen LogP contribution in [0, 0.1) is 0 Å². The summed E-state index contributed by atoms with van der Waals surface area (Å²) in [5.41, 5.74) is 0. The Morgan fingerprint density at radius 2 is 1.38 bits per heavy atom. The minimum Gasteiger partial charge on any atom is -0.481 e. The molecule has 1 fully saturated rings. The number of hydrogen-bond acceptors (Lipinski definition) is 4. The Morgan fingerprint density at radius 3 is 1.54 bits per heavy atom. The van der Waals surface area contributed by atoms with Gasteiger partial charge in [0, 0.05) is 0 Å². The van der Waals surface area contributed by atoms with Gasteiger partial charge in [-0.25, -0.2) is 0 Å². The standard InChI is InChI=1S/C6H12O2.C2H4O2S/c7-5-1-2-6(8)4-3-5;3-2(4)1-5/h5-8H,1-4H2;5H,1H2,(H,3,4). The Kier molecular flexibility index (Phi) is 7.03. The summed E-state index contributed by atoms with van der Waals surface area (Å²) in [4.78, 5) is 9.29. The quantitative estimate of drug-likeness (QED) is 0.467. The van der Waals surface area contributed by atoms with Crippen LogP contribution in [0.2, 0.25) is 0 Å². The Bertz CT molecular complexity index is 133. The average molecular weight is 208 g/mol. The van der Waals surface area contributed by atoms with E-state index < -0.39 is 5.97 Å². The van der Waals surface area contributed by atoms with Crippen molar-refractivity contribution in [2.45, 2.75) is 37.9 Å². The number of aliphatic carboxylic acids is 1. The Balaban J connectivity index is 0.000000252. The highest BCUT2D eigenvalue weighted by Gasteiger charge is 2.15. The van der Waals surface area contributed by atoms with Crippen LogP contribution < -0.4 is 0 Å². The molecule has 0 heterocycles. The van der Waals surface area contributed by atoms with Crippen molar-refractivity contribution in [3.8, 4) is 0 Å². The molecule has 0 aromatic heterocycles. The molecule has 3 N–H and O–H groups in total. The van der Waals surface area contributed by atoms with Crippen LogP contribution in [-0.2, 0) is 4.79 Å². The van der Waals surface area contributed by atoms with Crippen molar-refractivity contribution in [2.24, 2.45) is 0 Å². The number of carbonyl (C=O) groups is 1. The molecule has 1 aliphatic rings. The van der Waals surface area contributed by atoms with E-state index in [-0.39, 0.29) is 18.0 Å². The number of thiol groups is 1. The number of hydrogen-bond donors (Lipinski definition) is 4. The maximum Gasteiger partial charge on any atom is 0.313 e. The van der Waals surface area contributed by atoms with Gasteiger partial charge in [0.1, 0.15) is 0 Å². The highest BCUT2D eigenvalue weighted by atomic mass is 32.1. The molecule has 0 aliphatic heterocycles. The summed E-state index contributed by atoms with van der Waals surface area (Å²) in [6, 6.07) is 0. The van der Waals surface area contributed by atoms with E-state index in [0.29, 0.717) is 0 Å². The van der Waals surface area contributed by atoms with Crippen LogP contribution >= 0.6 is 12.6 Å². The Labute approximate surface area is 83.0 Å². The van der Waals surface area contributed by atoms with Crippen molar-refractivity contribution in [3.63, 3.8) is 0 Å². The molecular formula is C8H16O4S. The summed E-state index contributed by atoms with van der Waals surface area (Å²) in [5.74, 6) is -0.965. The van der Waals surface area contributed by atoms with Crippen molar-refractivity contribution < 1.29 is 20.1 Å². The number of aliphatic hydroxyl groups is 2. The van der Waals surface area contributed by atoms with Gasteiger partial charge in [-0.05, 0) is 25.7 Å². The average Bonchev–Trinajstić information content (AvgIpc) is 2.11. The number of rotatable bonds is 1. The zero-order valence-corrected chi connectivity index (χ0v) is 8.28. The van der Waals surface area contributed by atoms with Crippen LogP contribution in [0.1, 0.15) is 25.7 Å². The summed E-state index contributed by atoms with van der Waals surface area (Å²) >= 11 is 3.42. The zero-order valence-electron chi connectivity index (χ0n) is 7.39. The van der Waals surface area contributed by atoms with Crippen molar-refractivity contribution in [1.29, 1.82) is 0 Å². The lowest BCUT2D eigenvalue weighted by atomic mass is 9.95. The van der Waals surface area contributed by atoms with Gasteiger partial charge in [-0.15, -0.1) is 0 Å². The second-order valence-electron chi connectivity index (χ2n) is 3.01. The molecule has 0 bridgehead atoms. The first-order valence-electron chi connectivity index (χ1n) is 4.25. The van der Waals surface area contributed by atoms with E-state index in [0.717, 1.165) is 25.7 Å². The molecule has 13 heavy (non-hydrogen) atoms. The SMILES string of the molecule is O=C(O)CS.OC1CCC(O)CC1. The monoisotopic (exact) mass is 208 g/mol. The van der Waals surface area contributed by atoms with Crippen molar-refractivity contribution in [1.82, 2.24) is 0 Å². The summed E-state index contributed by atoms with van der Waals surface area (Å²) in [5, 5.41) is 25.5. The molecular weight excluding hydrogens is 192 g/mol. The van der Waals surface area contributed by atoms with E-state index >= 15 is 0 Å². The van der Waals surface area contributed by atoms with Gasteiger partial charge in [0.2, 0.25) is 0 Å². The summed E-state index contributed by atoms with van der Waals surface area (Å²) in [6.45, 7) is 0. The molecule has 4 nitrogen and oxygen atoms in total. The fourth-order valence-corrected chi connectivity index (χ4v) is 1.06. The molecule has 0 spiro atoms. The van der Waals surface area contributed by atoms with Gasteiger partial charge in [0.05, 0.1) is 18.0 Å². The third-order valence-electron chi connectivity index (χ3n) is 1.80. The zero-order chi connectivity index (χ0) is 10.3. The van der Waals surface area contributed by atoms with E-state index in [1.807, 2.05) is 0 Å². The van der Waals surface area contributed by atoms with Gasteiger partial charge in [0.15, 0.2) is 0 Å². The van der Waals surface area contributed by atoms with Crippen LogP contribution in [0.15, 0.2) is 0 Å². The fraction of sp³-hybridized carbons (Fsp3) is 0.875. The van der Waals surface area contributed by atoms with Gasteiger partial charge in [-0.1, -0.05) is 0 Å². The van der Waals surface area contributed by atoms with Crippen LogP contribution in [0.25, 0.3) is 0 Å². The smallest absolute Gasteiger partial charge is 0.313 e. The van der Waals surface area contributed by atoms with Crippen molar-refractivity contribution in [2.75, 3.05) is 5.75 Å². The minimum atomic E-state index is -0.881. The van der Waals surface area contributed by atoms with Crippen LogP contribution in [0.5, 0.6) is 0 Å². The van der Waals surface area contributed by atoms with E-state index in [1.54, 1.807) is 0 Å². The number of aliphatic hydroxyl groups excluding tert-OH is 2. The second-order valence-corrected chi connectivity index (χ2v) is 3.33. The number of carboxylic acids is 1. The lowest BCUT2D eigenvalue weighted by molar-refractivity contribution is -0.133. The van der Waals surface area contributed by atoms with Gasteiger partial charge >= 0.3 is 5.97 Å². The second kappa shape index (κ2) is 7.17. The summed E-state index contributed by atoms with van der Waals surface area (Å²) in [7, 11) is 0. The van der Waals surface area contributed by atoms with Crippen molar-refractivity contribution >= 4 is 18.6 Å². The first-order valence-corrected chi connectivity index (χ1v) is 4.88. The van der Waals surface area contributed by atoms with Crippen LogP contribution in [-0.4, -0.2) is 39.2 Å². The highest BCUT2D eigenvalue weighted by molar-refractivity contribution is 7.81. The predicted octanol–water partition coefficient (Wildman–Crippen LogP) is 0.283. The largest absolute Gasteiger partial charge is 0.481 e. The molecule has 0 amide bonds. The third kappa shape index (κ3) is 8.08. The molecule has 78 valence electrons. The van der Waals surface area contributed by atoms with E-state index in [2.05, 4.69) is 12.6 Å². The molecule has 5 heteroatoms. The third-order valence-corrected chi connectivity index (χ3v) is 2.07. The molecule has 0 unspecified atom stereocenters. The summed E-state index contributed by atoms with van der Waals surface area (Å²) in [6.07, 6.45) is 2.83. The van der Waals surface area contributed by atoms with Crippen LogP contribution in [0.4, 0.5) is 0 Å². The summed E-state index contributed by atoms with van der Waals surface area (Å²) < 4.78 is 0. The normalized spacial score (nSPS) is 27.3. The van der Waals surface area contributed by atoms with Crippen molar-refractivity contribution in [3.05, 3.63) is 0 Å². The maximum atomic E-state index is 9.29. The molecule has 0 saturated heterocycles. The van der Waals surface area contributed by atoms with Gasteiger partial charge in [0.25, 0.3) is 0 Å². The van der Waals surface area contributed by atoms with Gasteiger partial charge in [-0.3, -0.25) is 4.79 Å². The lowest BCUT2D eigenvalue weighted by Crippen LogP contribution is -2.21. The topological polar surface area (TPSA) is 77.8 Å². The van der Waals surface area contributed by atoms with Gasteiger partial charge < -0.3 is 15.3 Å². The molecule has 1 saturated carbocycles. The maximum absolute atomic E-state index is 9.29. The molecule has 0 radical (unpaired) electrons. The van der Waals surface area contributed by atoms with E-state index in [9.17, 15) is 4.79 Å². The molecule has 1 rings (SSSR count). The molecule has 0 atom stereocenters. The first-order chi connectivity index (χ1) is 6.06. The van der Waals surface area contributed by atoms with Gasteiger partial charge in [-0.2, -0.15) is 12.6 Å². The van der Waals surface area contributed by atoms with Crippen LogP contribution in [0.3, 0.4) is 0 Å². The lowest BCUT2D eigenvalue weighted by Gasteiger charge is -2.20. The molecule has 1 aliphatic carbocycles. The number of carboxylic acid groups (broad SMARTS) is 1. The van der Waals surface area contributed by atoms with E-state index in [4.69, 9.17) is 15.3 Å².